The van der Waals surface area contributed by atoms with Gasteiger partial charge in [-0.25, -0.2) is 0 Å². The van der Waals surface area contributed by atoms with Crippen LogP contribution in [0, 0.1) is 5.92 Å². The Hall–Kier alpha value is -0.900. The van der Waals surface area contributed by atoms with Gasteiger partial charge in [-0.1, -0.05) is 26.0 Å². The van der Waals surface area contributed by atoms with Crippen LogP contribution in [-0.2, 0) is 6.42 Å². The predicted molar refractivity (Wildman–Crippen MR) is 65.9 cm³/mol. The summed E-state index contributed by atoms with van der Waals surface area (Å²) < 4.78 is 39.7. The Bertz CT molecular complexity index is 361. The van der Waals surface area contributed by atoms with Crippen LogP contribution in [0.25, 0.3) is 0 Å². The zero-order valence-corrected chi connectivity index (χ0v) is 11.1. The van der Waals surface area contributed by atoms with Gasteiger partial charge in [-0.05, 0) is 36.5 Å². The Morgan fingerprint density at radius 3 is 2.22 bits per heavy atom. The van der Waals surface area contributed by atoms with Crippen LogP contribution < -0.4 is 4.74 Å². The summed E-state index contributed by atoms with van der Waals surface area (Å²) in [6.45, 7) is 4.04. The molecule has 0 heterocycles. The van der Waals surface area contributed by atoms with E-state index in [-0.39, 0.29) is 17.0 Å². The minimum absolute atomic E-state index is 0.0797. The van der Waals surface area contributed by atoms with Crippen LogP contribution in [0.15, 0.2) is 24.3 Å². The lowest BCUT2D eigenvalue weighted by atomic mass is 9.96. The molecule has 0 spiro atoms. The van der Waals surface area contributed by atoms with Crippen molar-refractivity contribution in [1.29, 1.82) is 0 Å². The first-order valence-corrected chi connectivity index (χ1v) is 6.24. The molecule has 0 aliphatic carbocycles. The first kappa shape index (κ1) is 15.2. The molecule has 0 aliphatic heterocycles. The highest BCUT2D eigenvalue weighted by atomic mass is 35.5. The summed E-state index contributed by atoms with van der Waals surface area (Å²) >= 11 is 6.11. The Balaban J connectivity index is 2.60. The molecule has 2 unspecified atom stereocenters. The summed E-state index contributed by atoms with van der Waals surface area (Å²) in [7, 11) is 0. The van der Waals surface area contributed by atoms with E-state index in [2.05, 4.69) is 4.74 Å². The Morgan fingerprint density at radius 2 is 1.78 bits per heavy atom. The van der Waals surface area contributed by atoms with Crippen molar-refractivity contribution < 1.29 is 17.9 Å². The molecule has 1 aromatic carbocycles. The zero-order valence-electron chi connectivity index (χ0n) is 10.3. The largest absolute Gasteiger partial charge is 0.573 e. The maximum atomic E-state index is 12.0. The molecule has 0 aromatic heterocycles. The third-order valence-electron chi connectivity index (χ3n) is 2.72. The summed E-state index contributed by atoms with van der Waals surface area (Å²) in [5.74, 6) is 0.0860. The van der Waals surface area contributed by atoms with Gasteiger partial charge in [0.2, 0.25) is 0 Å². The smallest absolute Gasteiger partial charge is 0.406 e. The second-order valence-corrected chi connectivity index (χ2v) is 4.86. The Kier molecular flexibility index (Phi) is 5.32. The molecule has 5 heteroatoms. The number of alkyl halides is 4. The van der Waals surface area contributed by atoms with Crippen molar-refractivity contribution in [3.05, 3.63) is 29.8 Å². The summed E-state index contributed by atoms with van der Waals surface area (Å²) in [5.41, 5.74) is 0.955. The van der Waals surface area contributed by atoms with Gasteiger partial charge in [-0.15, -0.1) is 24.8 Å². The van der Waals surface area contributed by atoms with Gasteiger partial charge in [0, 0.05) is 5.38 Å². The summed E-state index contributed by atoms with van der Waals surface area (Å²) in [6, 6.07) is 5.92. The summed E-state index contributed by atoms with van der Waals surface area (Å²) in [5, 5.41) is 0.0797. The lowest BCUT2D eigenvalue weighted by Gasteiger charge is -2.16. The van der Waals surface area contributed by atoms with Crippen molar-refractivity contribution >= 4 is 11.6 Å². The van der Waals surface area contributed by atoms with E-state index in [0.717, 1.165) is 18.4 Å². The van der Waals surface area contributed by atoms with Crippen molar-refractivity contribution in [1.82, 2.24) is 0 Å². The Labute approximate surface area is 110 Å². The number of benzene rings is 1. The fourth-order valence-electron chi connectivity index (χ4n) is 1.73. The van der Waals surface area contributed by atoms with Gasteiger partial charge >= 0.3 is 6.36 Å². The molecule has 1 aromatic rings. The van der Waals surface area contributed by atoms with Crippen LogP contribution in [0.5, 0.6) is 5.75 Å². The van der Waals surface area contributed by atoms with Crippen LogP contribution in [0.3, 0.4) is 0 Å². The molecule has 0 amide bonds. The molecule has 0 fully saturated rings. The molecule has 0 bridgehead atoms. The lowest BCUT2D eigenvalue weighted by Crippen LogP contribution is -2.17. The highest BCUT2D eigenvalue weighted by Crippen LogP contribution is 2.24. The van der Waals surface area contributed by atoms with E-state index in [9.17, 15) is 13.2 Å². The minimum Gasteiger partial charge on any atom is -0.406 e. The highest BCUT2D eigenvalue weighted by Gasteiger charge is 2.30. The molecular weight excluding hydrogens is 265 g/mol. The van der Waals surface area contributed by atoms with Gasteiger partial charge in [0.1, 0.15) is 5.75 Å². The van der Waals surface area contributed by atoms with Gasteiger partial charge in [0.15, 0.2) is 0 Å². The maximum Gasteiger partial charge on any atom is 0.573 e. The molecule has 0 saturated carbocycles. The zero-order chi connectivity index (χ0) is 13.8. The first-order chi connectivity index (χ1) is 8.31. The molecule has 102 valence electrons. The average molecular weight is 281 g/mol. The quantitative estimate of drug-likeness (QED) is 0.705. The van der Waals surface area contributed by atoms with E-state index in [1.165, 1.54) is 12.1 Å². The number of halogens is 4. The molecule has 1 nitrogen and oxygen atoms in total. The van der Waals surface area contributed by atoms with Crippen LogP contribution >= 0.6 is 11.6 Å². The minimum atomic E-state index is -4.64. The predicted octanol–water partition coefficient (Wildman–Crippen LogP) is 4.78. The number of hydrogen-bond donors (Lipinski definition) is 0. The molecule has 2 atom stereocenters. The summed E-state index contributed by atoms with van der Waals surface area (Å²) in [6.07, 6.45) is -3.02. The Morgan fingerprint density at radius 1 is 1.22 bits per heavy atom. The fourth-order valence-corrected chi connectivity index (χ4v) is 1.82. The van der Waals surface area contributed by atoms with Crippen molar-refractivity contribution in [2.45, 2.75) is 38.4 Å². The number of ether oxygens (including phenoxy) is 1. The summed E-state index contributed by atoms with van der Waals surface area (Å²) in [4.78, 5) is 0. The SMILES string of the molecule is CCC(Cl)C(C)Cc1ccc(OC(F)(F)F)cc1. The van der Waals surface area contributed by atoms with Gasteiger partial charge in [-0.3, -0.25) is 0 Å². The lowest BCUT2D eigenvalue weighted by molar-refractivity contribution is -0.274. The van der Waals surface area contributed by atoms with E-state index < -0.39 is 6.36 Å². The third kappa shape index (κ3) is 5.17. The van der Waals surface area contributed by atoms with Gasteiger partial charge in [0.05, 0.1) is 0 Å². The van der Waals surface area contributed by atoms with Crippen LogP contribution in [0.4, 0.5) is 13.2 Å². The van der Waals surface area contributed by atoms with Crippen molar-refractivity contribution in [2.75, 3.05) is 0 Å². The normalized spacial score (nSPS) is 15.2. The second-order valence-electron chi connectivity index (χ2n) is 4.30. The molecule has 0 N–H and O–H groups in total. The first-order valence-electron chi connectivity index (χ1n) is 5.80. The van der Waals surface area contributed by atoms with Gasteiger partial charge in [-0.2, -0.15) is 0 Å². The van der Waals surface area contributed by atoms with Crippen molar-refractivity contribution in [3.8, 4) is 5.75 Å². The number of hydrogen-bond acceptors (Lipinski definition) is 1. The standard InChI is InChI=1S/C13H16ClF3O/c1-3-12(14)9(2)8-10-4-6-11(7-5-10)18-13(15,16)17/h4-7,9,12H,3,8H2,1-2H3. The van der Waals surface area contributed by atoms with E-state index >= 15 is 0 Å². The second kappa shape index (κ2) is 6.32. The molecule has 18 heavy (non-hydrogen) atoms. The maximum absolute atomic E-state index is 12.0. The molecule has 1 rings (SSSR count). The monoisotopic (exact) mass is 280 g/mol. The van der Waals surface area contributed by atoms with E-state index in [4.69, 9.17) is 11.6 Å². The van der Waals surface area contributed by atoms with E-state index in [1.807, 2.05) is 13.8 Å². The average Bonchev–Trinajstić information content (AvgIpc) is 2.28. The van der Waals surface area contributed by atoms with Crippen molar-refractivity contribution in [3.63, 3.8) is 0 Å². The van der Waals surface area contributed by atoms with Crippen LogP contribution in [-0.4, -0.2) is 11.7 Å². The van der Waals surface area contributed by atoms with Crippen LogP contribution in [0.2, 0.25) is 0 Å². The molecule has 0 radical (unpaired) electrons. The fraction of sp³-hybridized carbons (Fsp3) is 0.538. The van der Waals surface area contributed by atoms with E-state index in [1.54, 1.807) is 12.1 Å². The molecule has 0 aliphatic rings. The van der Waals surface area contributed by atoms with Crippen molar-refractivity contribution in [2.24, 2.45) is 5.92 Å². The van der Waals surface area contributed by atoms with E-state index in [0.29, 0.717) is 0 Å². The van der Waals surface area contributed by atoms with Gasteiger partial charge < -0.3 is 4.74 Å². The highest BCUT2D eigenvalue weighted by molar-refractivity contribution is 6.20. The third-order valence-corrected chi connectivity index (χ3v) is 3.46. The van der Waals surface area contributed by atoms with Crippen LogP contribution in [0.1, 0.15) is 25.8 Å². The molecule has 0 saturated heterocycles. The topological polar surface area (TPSA) is 9.23 Å². The van der Waals surface area contributed by atoms with Gasteiger partial charge in [0.25, 0.3) is 0 Å². The number of rotatable bonds is 5. The molecular formula is C13H16ClF3O.